The van der Waals surface area contributed by atoms with Crippen molar-refractivity contribution in [3.05, 3.63) is 29.8 Å². The largest absolute Gasteiger partial charge is 0.354 e. The number of sulfonamides is 1. The molecule has 1 saturated carbocycles. The van der Waals surface area contributed by atoms with Crippen LogP contribution in [0.25, 0.3) is 0 Å². The van der Waals surface area contributed by atoms with Crippen molar-refractivity contribution in [1.82, 2.24) is 19.8 Å². The summed E-state index contributed by atoms with van der Waals surface area (Å²) in [6.07, 6.45) is 4.01. The van der Waals surface area contributed by atoms with Gasteiger partial charge in [0.2, 0.25) is 21.8 Å². The van der Waals surface area contributed by atoms with Gasteiger partial charge < -0.3 is 15.5 Å². The molecule has 1 aromatic rings. The van der Waals surface area contributed by atoms with Crippen molar-refractivity contribution in [2.45, 2.75) is 37.5 Å². The first-order valence-electron chi connectivity index (χ1n) is 10.7. The van der Waals surface area contributed by atoms with Gasteiger partial charge in [0.15, 0.2) is 0 Å². The molecule has 10 heteroatoms. The van der Waals surface area contributed by atoms with E-state index in [1.807, 2.05) is 0 Å². The minimum atomic E-state index is -3.75. The molecular weight excluding hydrogens is 420 g/mol. The van der Waals surface area contributed by atoms with Crippen LogP contribution in [0, 0.1) is 5.92 Å². The standard InChI is InChI=1S/C21H30N4O5S/c1-16(26)24-11-13-25(14-12-24)31(29,30)19-8-4-7-18(15-19)21(28)23-10-9-22-20(27)17-5-2-3-6-17/h4,7-8,15,17H,2-3,5-6,9-14H2,1H3,(H,22,27)(H,23,28). The highest BCUT2D eigenvalue weighted by molar-refractivity contribution is 7.89. The Morgan fingerprint density at radius 3 is 2.29 bits per heavy atom. The Bertz CT molecular complexity index is 919. The highest BCUT2D eigenvalue weighted by atomic mass is 32.2. The van der Waals surface area contributed by atoms with E-state index in [4.69, 9.17) is 0 Å². The molecule has 31 heavy (non-hydrogen) atoms. The summed E-state index contributed by atoms with van der Waals surface area (Å²) in [5.74, 6) is -0.358. The van der Waals surface area contributed by atoms with E-state index in [0.29, 0.717) is 19.6 Å². The predicted octanol–water partition coefficient (Wildman–Crippen LogP) is 0.576. The summed E-state index contributed by atoms with van der Waals surface area (Å²) < 4.78 is 27.2. The highest BCUT2D eigenvalue weighted by Crippen LogP contribution is 2.24. The second-order valence-electron chi connectivity index (χ2n) is 7.97. The summed E-state index contributed by atoms with van der Waals surface area (Å²) in [7, 11) is -3.75. The first-order valence-corrected chi connectivity index (χ1v) is 12.1. The lowest BCUT2D eigenvalue weighted by molar-refractivity contribution is -0.130. The van der Waals surface area contributed by atoms with Gasteiger partial charge in [0.05, 0.1) is 4.90 Å². The molecule has 1 saturated heterocycles. The maximum atomic E-state index is 12.9. The van der Waals surface area contributed by atoms with Gasteiger partial charge in [-0.25, -0.2) is 8.42 Å². The van der Waals surface area contributed by atoms with Crippen molar-refractivity contribution in [3.8, 4) is 0 Å². The van der Waals surface area contributed by atoms with E-state index in [1.54, 1.807) is 11.0 Å². The van der Waals surface area contributed by atoms with Crippen molar-refractivity contribution in [1.29, 1.82) is 0 Å². The molecule has 2 aliphatic rings. The zero-order valence-electron chi connectivity index (χ0n) is 17.8. The van der Waals surface area contributed by atoms with Crippen LogP contribution in [0.3, 0.4) is 0 Å². The van der Waals surface area contributed by atoms with Gasteiger partial charge in [-0.3, -0.25) is 14.4 Å². The average molecular weight is 451 g/mol. The third-order valence-electron chi connectivity index (χ3n) is 5.85. The maximum absolute atomic E-state index is 12.9. The molecule has 0 bridgehead atoms. The van der Waals surface area contributed by atoms with E-state index in [9.17, 15) is 22.8 Å². The van der Waals surface area contributed by atoms with Crippen molar-refractivity contribution in [2.24, 2.45) is 5.92 Å². The monoisotopic (exact) mass is 450 g/mol. The Labute approximate surface area is 183 Å². The first kappa shape index (κ1) is 23.2. The Hall–Kier alpha value is -2.46. The minimum Gasteiger partial charge on any atom is -0.354 e. The van der Waals surface area contributed by atoms with E-state index >= 15 is 0 Å². The Morgan fingerprint density at radius 1 is 1.00 bits per heavy atom. The number of nitrogens with zero attached hydrogens (tertiary/aromatic N) is 2. The second kappa shape index (κ2) is 10.2. The molecule has 2 N–H and O–H groups in total. The fourth-order valence-electron chi connectivity index (χ4n) is 3.99. The van der Waals surface area contributed by atoms with E-state index in [-0.39, 0.29) is 47.8 Å². The lowest BCUT2D eigenvalue weighted by Gasteiger charge is -2.33. The summed E-state index contributed by atoms with van der Waals surface area (Å²) in [5, 5.41) is 5.55. The molecule has 2 fully saturated rings. The van der Waals surface area contributed by atoms with Crippen molar-refractivity contribution < 1.29 is 22.8 Å². The van der Waals surface area contributed by atoms with Crippen LogP contribution in [0.4, 0.5) is 0 Å². The Balaban J connectivity index is 1.53. The molecule has 3 rings (SSSR count). The van der Waals surface area contributed by atoms with Gasteiger partial charge in [0.1, 0.15) is 0 Å². The first-order chi connectivity index (χ1) is 14.8. The third-order valence-corrected chi connectivity index (χ3v) is 7.75. The van der Waals surface area contributed by atoms with Crippen LogP contribution in [-0.2, 0) is 19.6 Å². The van der Waals surface area contributed by atoms with Crippen molar-refractivity contribution in [3.63, 3.8) is 0 Å². The third kappa shape index (κ3) is 5.82. The minimum absolute atomic E-state index is 0.0321. The lowest BCUT2D eigenvalue weighted by atomic mass is 10.1. The van der Waals surface area contributed by atoms with Gasteiger partial charge in [-0.2, -0.15) is 4.31 Å². The Kier molecular flexibility index (Phi) is 7.66. The molecule has 1 heterocycles. The molecule has 1 aliphatic carbocycles. The van der Waals surface area contributed by atoms with E-state index in [1.165, 1.54) is 29.4 Å². The second-order valence-corrected chi connectivity index (χ2v) is 9.90. The molecule has 0 atom stereocenters. The van der Waals surface area contributed by atoms with Gasteiger partial charge >= 0.3 is 0 Å². The molecule has 0 unspecified atom stereocenters. The van der Waals surface area contributed by atoms with E-state index in [0.717, 1.165) is 25.7 Å². The number of carbonyl (C=O) groups is 3. The number of carbonyl (C=O) groups excluding carboxylic acids is 3. The molecule has 0 aromatic heterocycles. The molecule has 1 aliphatic heterocycles. The van der Waals surface area contributed by atoms with Gasteiger partial charge in [-0.15, -0.1) is 0 Å². The number of hydrogen-bond donors (Lipinski definition) is 2. The number of rotatable bonds is 7. The molecule has 3 amide bonds. The van der Waals surface area contributed by atoms with Crippen LogP contribution in [0.1, 0.15) is 43.0 Å². The summed E-state index contributed by atoms with van der Waals surface area (Å²) in [4.78, 5) is 37.6. The van der Waals surface area contributed by atoms with E-state index < -0.39 is 15.9 Å². The molecule has 170 valence electrons. The van der Waals surface area contributed by atoms with E-state index in [2.05, 4.69) is 10.6 Å². The van der Waals surface area contributed by atoms with Gasteiger partial charge in [0.25, 0.3) is 5.91 Å². The predicted molar refractivity (Wildman–Crippen MR) is 115 cm³/mol. The van der Waals surface area contributed by atoms with Crippen LogP contribution < -0.4 is 10.6 Å². The number of benzene rings is 1. The average Bonchev–Trinajstić information content (AvgIpc) is 3.31. The molecule has 0 radical (unpaired) electrons. The molecule has 9 nitrogen and oxygen atoms in total. The number of nitrogens with one attached hydrogen (secondary N) is 2. The fourth-order valence-corrected chi connectivity index (χ4v) is 5.45. The Morgan fingerprint density at radius 2 is 1.65 bits per heavy atom. The summed E-state index contributed by atoms with van der Waals surface area (Å²) >= 11 is 0. The zero-order valence-corrected chi connectivity index (χ0v) is 18.6. The number of piperazine rings is 1. The van der Waals surface area contributed by atoms with Crippen LogP contribution in [-0.4, -0.2) is 74.6 Å². The van der Waals surface area contributed by atoms with Crippen LogP contribution in [0.15, 0.2) is 29.2 Å². The van der Waals surface area contributed by atoms with Crippen molar-refractivity contribution >= 4 is 27.7 Å². The van der Waals surface area contributed by atoms with Gasteiger partial charge in [0, 0.05) is 57.7 Å². The van der Waals surface area contributed by atoms with Crippen LogP contribution >= 0.6 is 0 Å². The summed E-state index contributed by atoms with van der Waals surface area (Å²) in [6, 6.07) is 5.92. The molecule has 0 spiro atoms. The molecular formula is C21H30N4O5S. The summed E-state index contributed by atoms with van der Waals surface area (Å²) in [6.45, 7) is 3.20. The smallest absolute Gasteiger partial charge is 0.251 e. The lowest BCUT2D eigenvalue weighted by Crippen LogP contribution is -2.49. The normalized spacial score (nSPS) is 18.0. The summed E-state index contributed by atoms with van der Waals surface area (Å²) in [5.41, 5.74) is 0.241. The fraction of sp³-hybridized carbons (Fsp3) is 0.571. The quantitative estimate of drug-likeness (QED) is 0.590. The van der Waals surface area contributed by atoms with Crippen molar-refractivity contribution in [2.75, 3.05) is 39.3 Å². The highest BCUT2D eigenvalue weighted by Gasteiger charge is 2.29. The van der Waals surface area contributed by atoms with Crippen LogP contribution in [0.5, 0.6) is 0 Å². The number of hydrogen-bond acceptors (Lipinski definition) is 5. The van der Waals surface area contributed by atoms with Gasteiger partial charge in [-0.05, 0) is 31.0 Å². The van der Waals surface area contributed by atoms with Crippen LogP contribution in [0.2, 0.25) is 0 Å². The SMILES string of the molecule is CC(=O)N1CCN(S(=O)(=O)c2cccc(C(=O)NCCNC(=O)C3CCCC3)c2)CC1. The van der Waals surface area contributed by atoms with Gasteiger partial charge in [-0.1, -0.05) is 18.9 Å². The maximum Gasteiger partial charge on any atom is 0.251 e. The topological polar surface area (TPSA) is 116 Å². The zero-order chi connectivity index (χ0) is 22.4. The molecule has 1 aromatic carbocycles. The number of amides is 3.